The first kappa shape index (κ1) is 21.8. The molecule has 4 rings (SSSR count). The van der Waals surface area contributed by atoms with Gasteiger partial charge in [0.25, 0.3) is 11.8 Å². The number of carbonyl (C=O) groups excluding carboxylic acids is 2. The van der Waals surface area contributed by atoms with Gasteiger partial charge in [-0.05, 0) is 60.0 Å². The highest BCUT2D eigenvalue weighted by molar-refractivity contribution is 9.10. The van der Waals surface area contributed by atoms with Gasteiger partial charge in [0.1, 0.15) is 0 Å². The number of rotatable bonds is 7. The van der Waals surface area contributed by atoms with Gasteiger partial charge in [-0.3, -0.25) is 14.8 Å². The third-order valence-electron chi connectivity index (χ3n) is 5.33. The number of aromatic nitrogens is 1. The van der Waals surface area contributed by atoms with Crippen LogP contribution in [0.1, 0.15) is 31.8 Å². The second kappa shape index (κ2) is 9.80. The van der Waals surface area contributed by atoms with Crippen molar-refractivity contribution in [3.63, 3.8) is 0 Å². The Balaban J connectivity index is 1.47. The summed E-state index contributed by atoms with van der Waals surface area (Å²) in [6.45, 7) is 1.18. The van der Waals surface area contributed by atoms with E-state index in [1.165, 1.54) is 0 Å². The van der Waals surface area contributed by atoms with E-state index >= 15 is 0 Å². The molecule has 7 heteroatoms. The summed E-state index contributed by atoms with van der Waals surface area (Å²) in [5.74, 6) is -0.622. The fourth-order valence-electron chi connectivity index (χ4n) is 3.69. The number of amides is 2. The lowest BCUT2D eigenvalue weighted by atomic mass is 10.1. The number of fused-ring (bicyclic) bond motifs is 1. The Morgan fingerprint density at radius 3 is 2.25 bits per heavy atom. The topological polar surface area (TPSA) is 83.4 Å². The Kier molecular flexibility index (Phi) is 6.68. The number of carbonyl (C=O) groups is 2. The van der Waals surface area contributed by atoms with Crippen molar-refractivity contribution in [1.29, 1.82) is 0 Å². The van der Waals surface area contributed by atoms with Gasteiger partial charge >= 0.3 is 0 Å². The van der Waals surface area contributed by atoms with Gasteiger partial charge in [-0.25, -0.2) is 5.48 Å². The fraction of sp³-hybridized carbons (Fsp3) is 0.120. The molecular weight excluding hydrogens is 470 g/mol. The summed E-state index contributed by atoms with van der Waals surface area (Å²) in [5.41, 5.74) is 5.98. The van der Waals surface area contributed by atoms with Crippen LogP contribution in [0.3, 0.4) is 0 Å². The van der Waals surface area contributed by atoms with Crippen molar-refractivity contribution in [3.05, 3.63) is 106 Å². The minimum Gasteiger partial charge on any atom is -0.352 e. The van der Waals surface area contributed by atoms with Crippen LogP contribution >= 0.6 is 15.9 Å². The van der Waals surface area contributed by atoms with Crippen molar-refractivity contribution in [3.8, 4) is 0 Å². The second-order valence-corrected chi connectivity index (χ2v) is 8.37. The van der Waals surface area contributed by atoms with Crippen molar-refractivity contribution < 1.29 is 14.8 Å². The van der Waals surface area contributed by atoms with E-state index in [4.69, 9.17) is 5.21 Å². The van der Waals surface area contributed by atoms with E-state index in [9.17, 15) is 9.59 Å². The van der Waals surface area contributed by atoms with Crippen molar-refractivity contribution in [2.75, 3.05) is 6.54 Å². The number of nitrogens with one attached hydrogen (secondary N) is 2. The van der Waals surface area contributed by atoms with Gasteiger partial charge in [-0.1, -0.05) is 46.3 Å². The molecule has 1 heterocycles. The molecule has 3 N–H and O–H groups in total. The lowest BCUT2D eigenvalue weighted by Gasteiger charge is -2.07. The van der Waals surface area contributed by atoms with Gasteiger partial charge in [0.05, 0.1) is 0 Å². The maximum Gasteiger partial charge on any atom is 0.274 e. The zero-order chi connectivity index (χ0) is 22.5. The standard InChI is InChI=1S/C25H22BrN3O3/c26-21-11-9-18(10-12-21)24(30)27-14-13-20-16-29(23-4-2-1-3-22(20)23)15-17-5-7-19(8-6-17)25(31)28-32/h1-12,16,32H,13-15H2,(H,27,30)(H,28,31). The lowest BCUT2D eigenvalue weighted by Crippen LogP contribution is -2.25. The molecular formula is C25H22BrN3O3. The largest absolute Gasteiger partial charge is 0.352 e. The van der Waals surface area contributed by atoms with E-state index in [1.807, 2.05) is 36.4 Å². The van der Waals surface area contributed by atoms with E-state index in [2.05, 4.69) is 44.1 Å². The molecule has 6 nitrogen and oxygen atoms in total. The summed E-state index contributed by atoms with van der Waals surface area (Å²) >= 11 is 3.38. The molecule has 1 aromatic heterocycles. The first-order chi connectivity index (χ1) is 15.5. The molecule has 162 valence electrons. The number of hydrogen-bond donors (Lipinski definition) is 3. The summed E-state index contributed by atoms with van der Waals surface area (Å²) in [6, 6.07) is 22.6. The van der Waals surface area contributed by atoms with Gasteiger partial charge in [0.2, 0.25) is 0 Å². The number of nitrogens with zero attached hydrogens (tertiary/aromatic N) is 1. The maximum atomic E-state index is 12.4. The van der Waals surface area contributed by atoms with Crippen LogP contribution in [-0.4, -0.2) is 28.1 Å². The molecule has 0 aliphatic carbocycles. The number of halogens is 1. The number of benzene rings is 3. The molecule has 0 aliphatic rings. The number of hydrogen-bond acceptors (Lipinski definition) is 3. The van der Waals surface area contributed by atoms with Crippen LogP contribution in [0.15, 0.2) is 83.5 Å². The van der Waals surface area contributed by atoms with Crippen molar-refractivity contribution in [2.45, 2.75) is 13.0 Å². The lowest BCUT2D eigenvalue weighted by molar-refractivity contribution is 0.0706. The average Bonchev–Trinajstić information content (AvgIpc) is 3.17. The molecule has 0 radical (unpaired) electrons. The SMILES string of the molecule is O=C(NO)c1ccc(Cn2cc(CCNC(=O)c3ccc(Br)cc3)c3ccccc32)cc1. The summed E-state index contributed by atoms with van der Waals surface area (Å²) in [4.78, 5) is 23.9. The van der Waals surface area contributed by atoms with E-state index in [-0.39, 0.29) is 5.91 Å². The van der Waals surface area contributed by atoms with Crippen LogP contribution in [0.5, 0.6) is 0 Å². The summed E-state index contributed by atoms with van der Waals surface area (Å²) < 4.78 is 3.11. The second-order valence-electron chi connectivity index (χ2n) is 7.45. The zero-order valence-corrected chi connectivity index (χ0v) is 18.8. The third kappa shape index (κ3) is 4.90. The van der Waals surface area contributed by atoms with Gasteiger partial charge in [0, 0.05) is 45.8 Å². The molecule has 0 spiro atoms. The van der Waals surface area contributed by atoms with Gasteiger partial charge in [0.15, 0.2) is 0 Å². The van der Waals surface area contributed by atoms with E-state index < -0.39 is 5.91 Å². The van der Waals surface area contributed by atoms with Crippen LogP contribution in [0, 0.1) is 0 Å². The maximum absolute atomic E-state index is 12.4. The van der Waals surface area contributed by atoms with Crippen LogP contribution in [0.2, 0.25) is 0 Å². The molecule has 0 bridgehead atoms. The van der Waals surface area contributed by atoms with Gasteiger partial charge in [-0.2, -0.15) is 0 Å². The minimum atomic E-state index is -0.532. The highest BCUT2D eigenvalue weighted by atomic mass is 79.9. The van der Waals surface area contributed by atoms with E-state index in [0.717, 1.165) is 26.5 Å². The normalized spacial score (nSPS) is 10.8. The number of para-hydroxylation sites is 1. The Bertz CT molecular complexity index is 1250. The van der Waals surface area contributed by atoms with Crippen LogP contribution in [-0.2, 0) is 13.0 Å². The van der Waals surface area contributed by atoms with Crippen molar-refractivity contribution >= 4 is 38.6 Å². The predicted molar refractivity (Wildman–Crippen MR) is 127 cm³/mol. The monoisotopic (exact) mass is 491 g/mol. The first-order valence-electron chi connectivity index (χ1n) is 10.2. The van der Waals surface area contributed by atoms with Crippen molar-refractivity contribution in [2.24, 2.45) is 0 Å². The molecule has 0 aliphatic heterocycles. The Hall–Kier alpha value is -3.42. The molecule has 3 aromatic carbocycles. The van der Waals surface area contributed by atoms with Crippen LogP contribution < -0.4 is 10.8 Å². The summed E-state index contributed by atoms with van der Waals surface area (Å²) in [6.07, 6.45) is 2.83. The molecule has 2 amide bonds. The summed E-state index contributed by atoms with van der Waals surface area (Å²) in [7, 11) is 0. The highest BCUT2D eigenvalue weighted by Crippen LogP contribution is 2.23. The molecule has 0 saturated heterocycles. The Morgan fingerprint density at radius 2 is 1.53 bits per heavy atom. The fourth-order valence-corrected chi connectivity index (χ4v) is 3.95. The van der Waals surface area contributed by atoms with Crippen molar-refractivity contribution in [1.82, 2.24) is 15.4 Å². The number of hydroxylamine groups is 1. The van der Waals surface area contributed by atoms with E-state index in [1.54, 1.807) is 29.7 Å². The first-order valence-corrected chi connectivity index (χ1v) is 11.0. The highest BCUT2D eigenvalue weighted by Gasteiger charge is 2.11. The van der Waals surface area contributed by atoms with E-state index in [0.29, 0.717) is 30.6 Å². The molecule has 0 atom stereocenters. The smallest absolute Gasteiger partial charge is 0.274 e. The predicted octanol–water partition coefficient (Wildman–Crippen LogP) is 4.54. The van der Waals surface area contributed by atoms with Crippen LogP contribution in [0.25, 0.3) is 10.9 Å². The van der Waals surface area contributed by atoms with Gasteiger partial charge < -0.3 is 9.88 Å². The third-order valence-corrected chi connectivity index (χ3v) is 5.86. The molecule has 0 fully saturated rings. The molecule has 32 heavy (non-hydrogen) atoms. The quantitative estimate of drug-likeness (QED) is 0.262. The Morgan fingerprint density at radius 1 is 0.875 bits per heavy atom. The molecule has 0 unspecified atom stereocenters. The molecule has 0 saturated carbocycles. The molecule has 4 aromatic rings. The van der Waals surface area contributed by atoms with Crippen LogP contribution in [0.4, 0.5) is 0 Å². The zero-order valence-electron chi connectivity index (χ0n) is 17.2. The average molecular weight is 492 g/mol. The van der Waals surface area contributed by atoms with Gasteiger partial charge in [-0.15, -0.1) is 0 Å². The minimum absolute atomic E-state index is 0.0896. The Labute approximate surface area is 194 Å². The summed E-state index contributed by atoms with van der Waals surface area (Å²) in [5, 5.41) is 12.9.